The van der Waals surface area contributed by atoms with Crippen molar-refractivity contribution < 1.29 is 4.42 Å². The van der Waals surface area contributed by atoms with E-state index in [1.807, 2.05) is 19.1 Å². The van der Waals surface area contributed by atoms with E-state index in [0.717, 1.165) is 11.1 Å². The summed E-state index contributed by atoms with van der Waals surface area (Å²) in [6.07, 6.45) is 0. The number of nitrogen functional groups attached to an aromatic ring is 1. The second-order valence-corrected chi connectivity index (χ2v) is 5.10. The SMILES string of the molecule is Cc1cc2oc(-c3ccc(N)cc3)cc(=O)c2cc1Cl. The molecule has 0 aliphatic carbocycles. The Hall–Kier alpha value is -2.26. The maximum atomic E-state index is 12.2. The second kappa shape index (κ2) is 4.69. The van der Waals surface area contributed by atoms with Gasteiger partial charge in [-0.05, 0) is 48.9 Å². The Morgan fingerprint density at radius 1 is 1.10 bits per heavy atom. The van der Waals surface area contributed by atoms with Crippen LogP contribution in [0.2, 0.25) is 5.02 Å². The summed E-state index contributed by atoms with van der Waals surface area (Å²) in [7, 11) is 0. The standard InChI is InChI=1S/C16H12ClNO2/c1-9-6-16-12(7-13(9)17)14(19)8-15(20-16)10-2-4-11(18)5-3-10/h2-8H,18H2,1H3. The van der Waals surface area contributed by atoms with Crippen molar-refractivity contribution in [3.63, 3.8) is 0 Å². The Balaban J connectivity index is 2.26. The first kappa shape index (κ1) is 12.8. The van der Waals surface area contributed by atoms with E-state index in [1.165, 1.54) is 6.07 Å². The van der Waals surface area contributed by atoms with Gasteiger partial charge in [0.15, 0.2) is 5.43 Å². The van der Waals surface area contributed by atoms with Crippen LogP contribution >= 0.6 is 11.6 Å². The van der Waals surface area contributed by atoms with E-state index < -0.39 is 0 Å². The van der Waals surface area contributed by atoms with Gasteiger partial charge in [0.2, 0.25) is 0 Å². The third-order valence-corrected chi connectivity index (χ3v) is 3.61. The molecule has 0 spiro atoms. The summed E-state index contributed by atoms with van der Waals surface area (Å²) in [4.78, 5) is 12.2. The maximum absolute atomic E-state index is 12.2. The molecular weight excluding hydrogens is 274 g/mol. The highest BCUT2D eigenvalue weighted by atomic mass is 35.5. The van der Waals surface area contributed by atoms with Crippen molar-refractivity contribution in [2.24, 2.45) is 0 Å². The first-order valence-electron chi connectivity index (χ1n) is 6.14. The van der Waals surface area contributed by atoms with Crippen LogP contribution in [0.5, 0.6) is 0 Å². The third-order valence-electron chi connectivity index (χ3n) is 3.20. The number of halogens is 1. The predicted molar refractivity (Wildman–Crippen MR) is 82.1 cm³/mol. The van der Waals surface area contributed by atoms with Crippen LogP contribution in [0.15, 0.2) is 51.7 Å². The smallest absolute Gasteiger partial charge is 0.193 e. The zero-order chi connectivity index (χ0) is 14.3. The van der Waals surface area contributed by atoms with Gasteiger partial charge in [-0.25, -0.2) is 0 Å². The topological polar surface area (TPSA) is 56.2 Å². The van der Waals surface area contributed by atoms with Gasteiger partial charge in [-0.1, -0.05) is 11.6 Å². The molecule has 3 rings (SSSR count). The van der Waals surface area contributed by atoms with Gasteiger partial charge in [0.25, 0.3) is 0 Å². The van der Waals surface area contributed by atoms with E-state index in [-0.39, 0.29) is 5.43 Å². The fourth-order valence-corrected chi connectivity index (χ4v) is 2.23. The van der Waals surface area contributed by atoms with Gasteiger partial charge in [-0.15, -0.1) is 0 Å². The van der Waals surface area contributed by atoms with Gasteiger partial charge in [-0.3, -0.25) is 4.79 Å². The molecule has 1 heterocycles. The maximum Gasteiger partial charge on any atom is 0.193 e. The predicted octanol–water partition coefficient (Wildman–Crippen LogP) is 4.00. The van der Waals surface area contributed by atoms with Crippen molar-refractivity contribution in [3.05, 3.63) is 63.3 Å². The Morgan fingerprint density at radius 3 is 2.50 bits per heavy atom. The monoisotopic (exact) mass is 285 g/mol. The minimum Gasteiger partial charge on any atom is -0.456 e. The molecular formula is C16H12ClNO2. The van der Waals surface area contributed by atoms with Gasteiger partial charge in [0, 0.05) is 22.3 Å². The van der Waals surface area contributed by atoms with Crippen LogP contribution < -0.4 is 11.2 Å². The third kappa shape index (κ3) is 2.17. The number of aryl methyl sites for hydroxylation is 1. The molecule has 0 aliphatic rings. The van der Waals surface area contributed by atoms with Crippen LogP contribution in [0.3, 0.4) is 0 Å². The molecule has 3 nitrogen and oxygen atoms in total. The lowest BCUT2D eigenvalue weighted by Gasteiger charge is -2.05. The first-order chi connectivity index (χ1) is 9.54. The first-order valence-corrected chi connectivity index (χ1v) is 6.52. The Labute approximate surface area is 120 Å². The van der Waals surface area contributed by atoms with E-state index in [2.05, 4.69) is 0 Å². The van der Waals surface area contributed by atoms with Crippen LogP contribution in [0.4, 0.5) is 5.69 Å². The molecule has 100 valence electrons. The van der Waals surface area contributed by atoms with Crippen LogP contribution in [0.1, 0.15) is 5.56 Å². The summed E-state index contributed by atoms with van der Waals surface area (Å²) < 4.78 is 5.80. The fourth-order valence-electron chi connectivity index (χ4n) is 2.07. The zero-order valence-electron chi connectivity index (χ0n) is 10.8. The second-order valence-electron chi connectivity index (χ2n) is 4.69. The van der Waals surface area contributed by atoms with Crippen LogP contribution in [0.25, 0.3) is 22.3 Å². The van der Waals surface area contributed by atoms with Gasteiger partial charge < -0.3 is 10.2 Å². The highest BCUT2D eigenvalue weighted by Crippen LogP contribution is 2.26. The Morgan fingerprint density at radius 2 is 1.80 bits per heavy atom. The van der Waals surface area contributed by atoms with Crippen LogP contribution in [0, 0.1) is 6.92 Å². The molecule has 1 aromatic heterocycles. The van der Waals surface area contributed by atoms with Crippen molar-refractivity contribution in [3.8, 4) is 11.3 Å². The molecule has 20 heavy (non-hydrogen) atoms. The molecule has 3 aromatic rings. The van der Waals surface area contributed by atoms with Gasteiger partial charge in [0.05, 0.1) is 5.39 Å². The largest absolute Gasteiger partial charge is 0.456 e. The summed E-state index contributed by atoms with van der Waals surface area (Å²) in [6.45, 7) is 1.87. The normalized spacial score (nSPS) is 10.9. The highest BCUT2D eigenvalue weighted by molar-refractivity contribution is 6.32. The summed E-state index contributed by atoms with van der Waals surface area (Å²) in [6, 6.07) is 12.1. The number of rotatable bonds is 1. The van der Waals surface area contributed by atoms with E-state index in [4.69, 9.17) is 21.8 Å². The molecule has 2 N–H and O–H groups in total. The molecule has 0 aliphatic heterocycles. The Kier molecular flexibility index (Phi) is 2.99. The zero-order valence-corrected chi connectivity index (χ0v) is 11.6. The van der Waals surface area contributed by atoms with Crippen molar-refractivity contribution in [2.45, 2.75) is 6.92 Å². The number of fused-ring (bicyclic) bond motifs is 1. The highest BCUT2D eigenvalue weighted by Gasteiger charge is 2.09. The molecule has 0 amide bonds. The fraction of sp³-hybridized carbons (Fsp3) is 0.0625. The van der Waals surface area contributed by atoms with Crippen LogP contribution in [-0.2, 0) is 0 Å². The minimum absolute atomic E-state index is 0.111. The summed E-state index contributed by atoms with van der Waals surface area (Å²) >= 11 is 6.04. The number of hydrogen-bond donors (Lipinski definition) is 1. The lowest BCUT2D eigenvalue weighted by atomic mass is 10.1. The Bertz CT molecular complexity index is 851. The minimum atomic E-state index is -0.111. The number of hydrogen-bond acceptors (Lipinski definition) is 3. The average molecular weight is 286 g/mol. The van der Waals surface area contributed by atoms with Crippen molar-refractivity contribution in [1.29, 1.82) is 0 Å². The van der Waals surface area contributed by atoms with E-state index in [9.17, 15) is 4.79 Å². The molecule has 0 unspecified atom stereocenters. The molecule has 0 saturated carbocycles. The molecule has 4 heteroatoms. The summed E-state index contributed by atoms with van der Waals surface area (Å²) in [5.41, 5.74) is 8.43. The number of anilines is 1. The molecule has 0 radical (unpaired) electrons. The van der Waals surface area contributed by atoms with Gasteiger partial charge in [-0.2, -0.15) is 0 Å². The molecule has 0 saturated heterocycles. The van der Waals surface area contributed by atoms with Crippen molar-refractivity contribution in [2.75, 3.05) is 5.73 Å². The lowest BCUT2D eigenvalue weighted by Crippen LogP contribution is -2.00. The van der Waals surface area contributed by atoms with Gasteiger partial charge >= 0.3 is 0 Å². The number of nitrogens with two attached hydrogens (primary N) is 1. The van der Waals surface area contributed by atoms with E-state index in [0.29, 0.717) is 27.4 Å². The van der Waals surface area contributed by atoms with Crippen molar-refractivity contribution in [1.82, 2.24) is 0 Å². The van der Waals surface area contributed by atoms with Gasteiger partial charge in [0.1, 0.15) is 11.3 Å². The summed E-state index contributed by atoms with van der Waals surface area (Å²) in [5.74, 6) is 0.518. The average Bonchev–Trinajstić information content (AvgIpc) is 2.42. The molecule has 0 fully saturated rings. The van der Waals surface area contributed by atoms with Crippen molar-refractivity contribution >= 4 is 28.3 Å². The summed E-state index contributed by atoms with van der Waals surface area (Å²) in [5, 5.41) is 1.05. The van der Waals surface area contributed by atoms with Crippen LogP contribution in [-0.4, -0.2) is 0 Å². The molecule has 0 atom stereocenters. The number of benzene rings is 2. The lowest BCUT2D eigenvalue weighted by molar-refractivity contribution is 0.618. The quantitative estimate of drug-likeness (QED) is 0.687. The van der Waals surface area contributed by atoms with E-state index in [1.54, 1.807) is 24.3 Å². The molecule has 0 bridgehead atoms. The van der Waals surface area contributed by atoms with E-state index >= 15 is 0 Å². The molecule has 2 aromatic carbocycles.